The van der Waals surface area contributed by atoms with Gasteiger partial charge in [0.05, 0.1) is 7.11 Å². The van der Waals surface area contributed by atoms with Crippen molar-refractivity contribution in [2.24, 2.45) is 10.2 Å². The van der Waals surface area contributed by atoms with E-state index in [4.69, 9.17) is 0 Å². The van der Waals surface area contributed by atoms with E-state index in [1.165, 1.54) is 0 Å². The first-order chi connectivity index (χ1) is 4.16. The molecule has 0 fully saturated rings. The first-order valence-electron chi connectivity index (χ1n) is 1.87. The van der Waals surface area contributed by atoms with Crippen LogP contribution in [0.25, 0.3) is 0 Å². The highest BCUT2D eigenvalue weighted by Gasteiger charge is 1.90. The highest BCUT2D eigenvalue weighted by molar-refractivity contribution is 5.70. The van der Waals surface area contributed by atoms with Gasteiger partial charge in [-0.15, -0.1) is 5.11 Å². The zero-order chi connectivity index (χ0) is 7.28. The summed E-state index contributed by atoms with van der Waals surface area (Å²) in [5.74, 6) is 0. The molecular formula is C3H3N2O4-. The van der Waals surface area contributed by atoms with E-state index < -0.39 is 12.2 Å². The molecule has 0 rings (SSSR count). The average molecular weight is 131 g/mol. The van der Waals surface area contributed by atoms with E-state index in [1.807, 2.05) is 0 Å². The third kappa shape index (κ3) is 4.39. The molecule has 0 spiro atoms. The molecule has 50 valence electrons. The van der Waals surface area contributed by atoms with Crippen molar-refractivity contribution in [3.8, 4) is 0 Å². The van der Waals surface area contributed by atoms with Gasteiger partial charge in [0.2, 0.25) is 0 Å². The van der Waals surface area contributed by atoms with Gasteiger partial charge in [-0.05, 0) is 0 Å². The number of methoxy groups -OCH3 is 1. The van der Waals surface area contributed by atoms with E-state index in [9.17, 15) is 14.7 Å². The molecule has 0 aliphatic rings. The predicted octanol–water partition coefficient (Wildman–Crippen LogP) is -0.452. The molecule has 0 N–H and O–H groups in total. The van der Waals surface area contributed by atoms with Gasteiger partial charge in [-0.1, -0.05) is 5.11 Å². The highest BCUT2D eigenvalue weighted by atomic mass is 16.5. The number of hydrogen-bond acceptors (Lipinski definition) is 4. The number of carbonyl (C=O) groups excluding carboxylic acids is 2. The van der Waals surface area contributed by atoms with E-state index >= 15 is 0 Å². The standard InChI is InChI=1S/C3H4N2O4/c1-9-3(8)5-4-2(6)7/h1H3,(H,6,7)/p-1. The number of hydrogen-bond donors (Lipinski definition) is 0. The zero-order valence-corrected chi connectivity index (χ0v) is 4.53. The van der Waals surface area contributed by atoms with E-state index in [0.717, 1.165) is 7.11 Å². The van der Waals surface area contributed by atoms with Crippen molar-refractivity contribution >= 4 is 12.2 Å². The molecule has 0 saturated heterocycles. The summed E-state index contributed by atoms with van der Waals surface area (Å²) in [6.45, 7) is 0. The molecule has 6 heteroatoms. The third-order valence-electron chi connectivity index (χ3n) is 0.388. The molecule has 0 heterocycles. The first-order valence-corrected chi connectivity index (χ1v) is 1.87. The van der Waals surface area contributed by atoms with Crippen LogP contribution in [-0.4, -0.2) is 19.3 Å². The van der Waals surface area contributed by atoms with Crippen molar-refractivity contribution < 1.29 is 19.4 Å². The Labute approximate surface area is 50.1 Å². The second kappa shape index (κ2) is 3.53. The maximum Gasteiger partial charge on any atom is 0.452 e. The molecule has 0 atom stereocenters. The summed E-state index contributed by atoms with van der Waals surface area (Å²) in [7, 11) is 1.05. The number of azo groups is 1. The lowest BCUT2D eigenvalue weighted by Gasteiger charge is -1.87. The first kappa shape index (κ1) is 7.54. The number of ether oxygens (including phenoxy) is 1. The zero-order valence-electron chi connectivity index (χ0n) is 4.53. The number of amides is 2. The van der Waals surface area contributed by atoms with E-state index in [-0.39, 0.29) is 0 Å². The molecule has 0 bridgehead atoms. The van der Waals surface area contributed by atoms with Crippen molar-refractivity contribution in [1.82, 2.24) is 0 Å². The van der Waals surface area contributed by atoms with Gasteiger partial charge in [0.1, 0.15) is 0 Å². The van der Waals surface area contributed by atoms with Crippen LogP contribution >= 0.6 is 0 Å². The highest BCUT2D eigenvalue weighted by Crippen LogP contribution is 1.80. The van der Waals surface area contributed by atoms with Crippen LogP contribution in [0, 0.1) is 0 Å². The number of carboxylic acid groups (broad SMARTS) is 1. The van der Waals surface area contributed by atoms with Gasteiger partial charge in [0.15, 0.2) is 6.09 Å². The van der Waals surface area contributed by atoms with Gasteiger partial charge in [-0.25, -0.2) is 4.79 Å². The van der Waals surface area contributed by atoms with Crippen LogP contribution < -0.4 is 5.11 Å². The SMILES string of the molecule is COC(=O)N=NC(=O)[O-]. The Morgan fingerprint density at radius 1 is 1.44 bits per heavy atom. The second-order valence-corrected chi connectivity index (χ2v) is 0.936. The maximum absolute atomic E-state index is 9.94. The van der Waals surface area contributed by atoms with Crippen LogP contribution in [-0.2, 0) is 4.74 Å². The Kier molecular flexibility index (Phi) is 2.96. The topological polar surface area (TPSA) is 91.2 Å². The minimum Gasteiger partial charge on any atom is -0.527 e. The molecule has 0 unspecified atom stereocenters. The van der Waals surface area contributed by atoms with Gasteiger partial charge in [-0.3, -0.25) is 0 Å². The molecule has 0 aromatic rings. The summed E-state index contributed by atoms with van der Waals surface area (Å²) in [5, 5.41) is 14.3. The minimum atomic E-state index is -1.78. The number of nitrogens with zero attached hydrogens (tertiary/aromatic N) is 2. The fourth-order valence-corrected chi connectivity index (χ4v) is 0.122. The molecule has 0 aliphatic heterocycles. The lowest BCUT2D eigenvalue weighted by atomic mass is 11.2. The lowest BCUT2D eigenvalue weighted by Crippen LogP contribution is -2.16. The molecule has 0 aliphatic carbocycles. The van der Waals surface area contributed by atoms with Crippen LogP contribution in [0.5, 0.6) is 0 Å². The van der Waals surface area contributed by atoms with Crippen molar-refractivity contribution in [1.29, 1.82) is 0 Å². The fourth-order valence-electron chi connectivity index (χ4n) is 0.122. The molecule has 9 heavy (non-hydrogen) atoms. The summed E-state index contributed by atoms with van der Waals surface area (Å²) in [4.78, 5) is 19.4. The number of rotatable bonds is 0. The molecular weight excluding hydrogens is 128 g/mol. The normalized spacial score (nSPS) is 9.44. The van der Waals surface area contributed by atoms with Crippen LogP contribution in [0.3, 0.4) is 0 Å². The second-order valence-electron chi connectivity index (χ2n) is 0.936. The van der Waals surface area contributed by atoms with Crippen LogP contribution in [0.1, 0.15) is 0 Å². The predicted molar refractivity (Wildman–Crippen MR) is 22.7 cm³/mol. The summed E-state index contributed by atoms with van der Waals surface area (Å²) in [6.07, 6.45) is -2.85. The minimum absolute atomic E-state index is 1.05. The van der Waals surface area contributed by atoms with Gasteiger partial charge in [0, 0.05) is 0 Å². The monoisotopic (exact) mass is 131 g/mol. The molecule has 0 aromatic heterocycles. The van der Waals surface area contributed by atoms with Crippen molar-refractivity contribution in [2.45, 2.75) is 0 Å². The van der Waals surface area contributed by atoms with Crippen LogP contribution in [0.4, 0.5) is 9.59 Å². The van der Waals surface area contributed by atoms with E-state index in [0.29, 0.717) is 0 Å². The third-order valence-corrected chi connectivity index (χ3v) is 0.388. The quantitative estimate of drug-likeness (QED) is 0.416. The summed E-state index contributed by atoms with van der Waals surface area (Å²) >= 11 is 0. The Balaban J connectivity index is 3.71. The number of carbonyl (C=O) groups is 2. The van der Waals surface area contributed by atoms with Gasteiger partial charge in [0.25, 0.3) is 0 Å². The summed E-state index contributed by atoms with van der Waals surface area (Å²) < 4.78 is 3.91. The maximum atomic E-state index is 9.94. The van der Waals surface area contributed by atoms with Crippen molar-refractivity contribution in [3.05, 3.63) is 0 Å². The largest absolute Gasteiger partial charge is 0.527 e. The van der Waals surface area contributed by atoms with Crippen LogP contribution in [0.2, 0.25) is 0 Å². The van der Waals surface area contributed by atoms with E-state index in [2.05, 4.69) is 15.0 Å². The van der Waals surface area contributed by atoms with E-state index in [1.54, 1.807) is 0 Å². The Hall–Kier alpha value is -1.46. The molecule has 2 amide bonds. The lowest BCUT2D eigenvalue weighted by molar-refractivity contribution is -0.246. The summed E-state index contributed by atoms with van der Waals surface area (Å²) in [6, 6.07) is 0. The Morgan fingerprint density at radius 3 is 2.33 bits per heavy atom. The van der Waals surface area contributed by atoms with Gasteiger partial charge >= 0.3 is 6.09 Å². The van der Waals surface area contributed by atoms with Crippen molar-refractivity contribution in [3.63, 3.8) is 0 Å². The van der Waals surface area contributed by atoms with Crippen molar-refractivity contribution in [2.75, 3.05) is 7.11 Å². The fraction of sp³-hybridized carbons (Fsp3) is 0.333. The summed E-state index contributed by atoms with van der Waals surface area (Å²) in [5.41, 5.74) is 0. The molecule has 6 nitrogen and oxygen atoms in total. The average Bonchev–Trinajstić information content (AvgIpc) is 1.83. The van der Waals surface area contributed by atoms with Crippen LogP contribution in [0.15, 0.2) is 10.2 Å². The molecule has 0 saturated carbocycles. The van der Waals surface area contributed by atoms with Gasteiger partial charge in [-0.2, -0.15) is 0 Å². The Bertz CT molecular complexity index is 152. The smallest absolute Gasteiger partial charge is 0.452 e. The molecule has 0 aromatic carbocycles. The van der Waals surface area contributed by atoms with Gasteiger partial charge < -0.3 is 14.6 Å². The molecule has 0 radical (unpaired) electrons. The Morgan fingerprint density at radius 2 is 2.00 bits per heavy atom.